The van der Waals surface area contributed by atoms with Crippen molar-refractivity contribution in [2.75, 3.05) is 6.54 Å². The SMILES string of the molecule is CCN(C1CC1)C1CCCC(N)(C(=O)O)C1. The molecule has 0 spiro atoms. The van der Waals surface area contributed by atoms with E-state index in [2.05, 4.69) is 11.8 Å². The molecule has 0 bridgehead atoms. The lowest BCUT2D eigenvalue weighted by molar-refractivity contribution is -0.145. The zero-order valence-electron chi connectivity index (χ0n) is 9.98. The molecule has 0 saturated heterocycles. The minimum Gasteiger partial charge on any atom is -0.480 e. The zero-order valence-corrected chi connectivity index (χ0v) is 9.98. The van der Waals surface area contributed by atoms with Gasteiger partial charge < -0.3 is 10.8 Å². The quantitative estimate of drug-likeness (QED) is 0.756. The molecule has 4 nitrogen and oxygen atoms in total. The Morgan fingerprint density at radius 2 is 2.12 bits per heavy atom. The smallest absolute Gasteiger partial charge is 0.323 e. The van der Waals surface area contributed by atoms with Crippen LogP contribution in [0.25, 0.3) is 0 Å². The first-order chi connectivity index (χ1) is 7.57. The van der Waals surface area contributed by atoms with Gasteiger partial charge in [-0.25, -0.2) is 0 Å². The first kappa shape index (κ1) is 11.9. The molecule has 2 atom stereocenters. The third kappa shape index (κ3) is 2.23. The van der Waals surface area contributed by atoms with Crippen molar-refractivity contribution in [2.45, 2.75) is 63.1 Å². The van der Waals surface area contributed by atoms with Gasteiger partial charge >= 0.3 is 5.97 Å². The fraction of sp³-hybridized carbons (Fsp3) is 0.917. The lowest BCUT2D eigenvalue weighted by atomic mass is 9.79. The molecule has 0 aromatic heterocycles. The van der Waals surface area contributed by atoms with Crippen molar-refractivity contribution in [3.8, 4) is 0 Å². The van der Waals surface area contributed by atoms with Gasteiger partial charge in [-0.2, -0.15) is 0 Å². The fourth-order valence-corrected chi connectivity index (χ4v) is 2.98. The van der Waals surface area contributed by atoms with Gasteiger partial charge in [-0.3, -0.25) is 9.69 Å². The number of rotatable bonds is 4. The highest BCUT2D eigenvalue weighted by Gasteiger charge is 2.43. The molecular formula is C12H22N2O2. The summed E-state index contributed by atoms with van der Waals surface area (Å²) in [5, 5.41) is 9.18. The minimum atomic E-state index is -0.981. The molecule has 2 aliphatic rings. The van der Waals surface area contributed by atoms with E-state index >= 15 is 0 Å². The van der Waals surface area contributed by atoms with E-state index in [1.54, 1.807) is 0 Å². The van der Waals surface area contributed by atoms with Crippen molar-refractivity contribution in [3.05, 3.63) is 0 Å². The molecule has 3 N–H and O–H groups in total. The standard InChI is InChI=1S/C12H22N2O2/c1-2-14(9-5-6-9)10-4-3-7-12(13,8-10)11(15)16/h9-10H,2-8,13H2,1H3,(H,15,16). The molecule has 2 fully saturated rings. The molecule has 0 heterocycles. The summed E-state index contributed by atoms with van der Waals surface area (Å²) in [5.74, 6) is -0.830. The Morgan fingerprint density at radius 3 is 2.62 bits per heavy atom. The minimum absolute atomic E-state index is 0.382. The van der Waals surface area contributed by atoms with E-state index in [0.717, 1.165) is 19.4 Å². The van der Waals surface area contributed by atoms with Crippen LogP contribution in [0.5, 0.6) is 0 Å². The summed E-state index contributed by atoms with van der Waals surface area (Å²) >= 11 is 0. The highest BCUT2D eigenvalue weighted by molar-refractivity contribution is 5.78. The second-order valence-corrected chi connectivity index (χ2v) is 5.27. The molecule has 0 aromatic carbocycles. The van der Waals surface area contributed by atoms with Gasteiger partial charge in [0, 0.05) is 12.1 Å². The Labute approximate surface area is 96.8 Å². The van der Waals surface area contributed by atoms with Gasteiger partial charge in [-0.05, 0) is 45.1 Å². The van der Waals surface area contributed by atoms with Crippen LogP contribution in [0.15, 0.2) is 0 Å². The summed E-state index contributed by atoms with van der Waals surface area (Å²) in [6.45, 7) is 3.18. The van der Waals surface area contributed by atoms with Crippen LogP contribution >= 0.6 is 0 Å². The molecule has 2 aliphatic carbocycles. The van der Waals surface area contributed by atoms with E-state index in [1.807, 2.05) is 0 Å². The molecule has 2 saturated carbocycles. The fourth-order valence-electron chi connectivity index (χ4n) is 2.98. The summed E-state index contributed by atoms with van der Waals surface area (Å²) in [4.78, 5) is 13.6. The average Bonchev–Trinajstić information content (AvgIpc) is 3.03. The highest BCUT2D eigenvalue weighted by atomic mass is 16.4. The summed E-state index contributed by atoms with van der Waals surface area (Å²) in [6, 6.07) is 1.08. The number of carboxylic acids is 1. The Morgan fingerprint density at radius 1 is 1.44 bits per heavy atom. The maximum absolute atomic E-state index is 11.2. The van der Waals surface area contributed by atoms with Crippen molar-refractivity contribution in [1.82, 2.24) is 4.90 Å². The number of hydrogen-bond acceptors (Lipinski definition) is 3. The third-order valence-corrected chi connectivity index (χ3v) is 4.04. The molecule has 4 heteroatoms. The van der Waals surface area contributed by atoms with E-state index < -0.39 is 11.5 Å². The lowest BCUT2D eigenvalue weighted by Crippen LogP contribution is -2.56. The van der Waals surface area contributed by atoms with Crippen molar-refractivity contribution >= 4 is 5.97 Å². The van der Waals surface area contributed by atoms with Crippen LogP contribution in [0.1, 0.15) is 45.4 Å². The summed E-state index contributed by atoms with van der Waals surface area (Å²) in [7, 11) is 0. The van der Waals surface area contributed by atoms with Gasteiger partial charge in [0.05, 0.1) is 0 Å². The monoisotopic (exact) mass is 226 g/mol. The Bertz CT molecular complexity index is 278. The maximum Gasteiger partial charge on any atom is 0.323 e. The number of carbonyl (C=O) groups is 1. The van der Waals surface area contributed by atoms with E-state index in [0.29, 0.717) is 24.9 Å². The highest BCUT2D eigenvalue weighted by Crippen LogP contribution is 2.36. The van der Waals surface area contributed by atoms with Crippen LogP contribution in [0.2, 0.25) is 0 Å². The van der Waals surface area contributed by atoms with Crippen molar-refractivity contribution in [3.63, 3.8) is 0 Å². The van der Waals surface area contributed by atoms with Gasteiger partial charge in [0.15, 0.2) is 0 Å². The zero-order chi connectivity index (χ0) is 11.8. The van der Waals surface area contributed by atoms with Gasteiger partial charge in [-0.15, -0.1) is 0 Å². The first-order valence-corrected chi connectivity index (χ1v) is 6.35. The van der Waals surface area contributed by atoms with Crippen molar-refractivity contribution in [2.24, 2.45) is 5.73 Å². The number of carboxylic acid groups (broad SMARTS) is 1. The normalized spacial score (nSPS) is 35.3. The van der Waals surface area contributed by atoms with Crippen LogP contribution in [0.3, 0.4) is 0 Å². The second kappa shape index (κ2) is 4.34. The number of aliphatic carboxylic acids is 1. The predicted octanol–water partition coefficient (Wildman–Crippen LogP) is 1.20. The molecule has 0 amide bonds. The third-order valence-electron chi connectivity index (χ3n) is 4.04. The summed E-state index contributed by atoms with van der Waals surface area (Å²) in [6.07, 6.45) is 5.84. The number of nitrogens with two attached hydrogens (primary N) is 1. The number of hydrogen-bond donors (Lipinski definition) is 2. The molecular weight excluding hydrogens is 204 g/mol. The Kier molecular flexibility index (Phi) is 3.22. The van der Waals surface area contributed by atoms with E-state index in [1.165, 1.54) is 12.8 Å². The van der Waals surface area contributed by atoms with Crippen LogP contribution in [-0.2, 0) is 4.79 Å². The first-order valence-electron chi connectivity index (χ1n) is 6.35. The topological polar surface area (TPSA) is 66.6 Å². The molecule has 92 valence electrons. The average molecular weight is 226 g/mol. The molecule has 2 unspecified atom stereocenters. The second-order valence-electron chi connectivity index (χ2n) is 5.27. The number of nitrogens with zero attached hydrogens (tertiary/aromatic N) is 1. The van der Waals surface area contributed by atoms with Gasteiger partial charge in [0.2, 0.25) is 0 Å². The molecule has 2 rings (SSSR count). The Balaban J connectivity index is 2.02. The predicted molar refractivity (Wildman–Crippen MR) is 62.2 cm³/mol. The molecule has 0 aromatic rings. The molecule has 0 radical (unpaired) electrons. The van der Waals surface area contributed by atoms with Crippen LogP contribution in [0, 0.1) is 0 Å². The van der Waals surface area contributed by atoms with Gasteiger partial charge in [-0.1, -0.05) is 6.92 Å². The molecule has 16 heavy (non-hydrogen) atoms. The van der Waals surface area contributed by atoms with Crippen LogP contribution < -0.4 is 5.73 Å². The maximum atomic E-state index is 11.2. The molecule has 0 aliphatic heterocycles. The van der Waals surface area contributed by atoms with E-state index in [4.69, 9.17) is 5.73 Å². The summed E-state index contributed by atoms with van der Waals surface area (Å²) < 4.78 is 0. The van der Waals surface area contributed by atoms with Gasteiger partial charge in [0.25, 0.3) is 0 Å². The lowest BCUT2D eigenvalue weighted by Gasteiger charge is -2.40. The summed E-state index contributed by atoms with van der Waals surface area (Å²) in [5.41, 5.74) is 5.00. The van der Waals surface area contributed by atoms with Crippen LogP contribution in [0.4, 0.5) is 0 Å². The van der Waals surface area contributed by atoms with Crippen molar-refractivity contribution in [1.29, 1.82) is 0 Å². The largest absolute Gasteiger partial charge is 0.480 e. The van der Waals surface area contributed by atoms with E-state index in [-0.39, 0.29) is 0 Å². The van der Waals surface area contributed by atoms with Gasteiger partial charge in [0.1, 0.15) is 5.54 Å². The van der Waals surface area contributed by atoms with Crippen molar-refractivity contribution < 1.29 is 9.90 Å². The van der Waals surface area contributed by atoms with Crippen LogP contribution in [-0.4, -0.2) is 40.1 Å². The Hall–Kier alpha value is -0.610. The van der Waals surface area contributed by atoms with E-state index in [9.17, 15) is 9.90 Å².